The Labute approximate surface area is 155 Å². The Kier molecular flexibility index (Phi) is 4.74. The Morgan fingerprint density at radius 3 is 2.96 bits per heavy atom. The monoisotopic (exact) mass is 349 g/mol. The standard InChI is InChI=1S/C21H27N5/c1-16-6-10-26-19(13-23-20(26)11-16)15-24(2)14-18-7-9-25(3)21(18)17-5-4-8-22-12-17/h4-6,8,10-13,18,21H,7,9,14-15H2,1-3H3/t18-,21-/m0/s1. The first-order valence-electron chi connectivity index (χ1n) is 9.33. The Hall–Kier alpha value is -2.24. The van der Waals surface area contributed by atoms with Gasteiger partial charge in [-0.15, -0.1) is 0 Å². The summed E-state index contributed by atoms with van der Waals surface area (Å²) >= 11 is 0. The zero-order valence-corrected chi connectivity index (χ0v) is 15.8. The second-order valence-corrected chi connectivity index (χ2v) is 7.64. The number of hydrogen-bond donors (Lipinski definition) is 0. The highest BCUT2D eigenvalue weighted by Crippen LogP contribution is 2.36. The average Bonchev–Trinajstić information content (AvgIpc) is 3.19. The normalized spacial score (nSPS) is 21.1. The van der Waals surface area contributed by atoms with E-state index < -0.39 is 0 Å². The maximum absolute atomic E-state index is 4.56. The van der Waals surface area contributed by atoms with E-state index in [-0.39, 0.29) is 0 Å². The molecule has 4 rings (SSSR count). The molecule has 1 fully saturated rings. The lowest BCUT2D eigenvalue weighted by atomic mass is 9.94. The number of aromatic nitrogens is 3. The van der Waals surface area contributed by atoms with E-state index >= 15 is 0 Å². The molecule has 0 radical (unpaired) electrons. The SMILES string of the molecule is Cc1ccn2c(CN(C)C[C@@H]3CCN(C)[C@H]3c3cccnc3)cnc2c1. The molecule has 4 heterocycles. The Bertz CT molecular complexity index is 872. The Morgan fingerprint density at radius 2 is 2.15 bits per heavy atom. The van der Waals surface area contributed by atoms with E-state index in [1.54, 1.807) is 0 Å². The van der Waals surface area contributed by atoms with Crippen molar-refractivity contribution >= 4 is 5.65 Å². The van der Waals surface area contributed by atoms with Gasteiger partial charge in [-0.2, -0.15) is 0 Å². The fraction of sp³-hybridized carbons (Fsp3) is 0.429. The molecule has 5 heteroatoms. The second-order valence-electron chi connectivity index (χ2n) is 7.64. The third-order valence-electron chi connectivity index (χ3n) is 5.52. The summed E-state index contributed by atoms with van der Waals surface area (Å²) in [6, 6.07) is 8.98. The molecule has 2 atom stereocenters. The first-order valence-corrected chi connectivity index (χ1v) is 9.33. The maximum Gasteiger partial charge on any atom is 0.137 e. The summed E-state index contributed by atoms with van der Waals surface area (Å²) in [6.07, 6.45) is 9.23. The molecule has 136 valence electrons. The highest BCUT2D eigenvalue weighted by molar-refractivity contribution is 5.42. The molecule has 1 aliphatic heterocycles. The number of nitrogens with zero attached hydrogens (tertiary/aromatic N) is 5. The van der Waals surface area contributed by atoms with Gasteiger partial charge in [-0.3, -0.25) is 9.88 Å². The first-order chi connectivity index (χ1) is 12.6. The largest absolute Gasteiger partial charge is 0.303 e. The Morgan fingerprint density at radius 1 is 1.27 bits per heavy atom. The second kappa shape index (κ2) is 7.17. The molecule has 1 aliphatic rings. The van der Waals surface area contributed by atoms with Crippen LogP contribution in [0.3, 0.4) is 0 Å². The van der Waals surface area contributed by atoms with Crippen LogP contribution in [0.5, 0.6) is 0 Å². The zero-order valence-electron chi connectivity index (χ0n) is 15.8. The number of likely N-dealkylation sites (tertiary alicyclic amines) is 1. The molecule has 5 nitrogen and oxygen atoms in total. The van der Waals surface area contributed by atoms with E-state index in [0.717, 1.165) is 25.3 Å². The van der Waals surface area contributed by atoms with E-state index in [1.165, 1.54) is 23.2 Å². The lowest BCUT2D eigenvalue weighted by molar-refractivity contribution is 0.212. The molecule has 0 spiro atoms. The topological polar surface area (TPSA) is 36.7 Å². The summed E-state index contributed by atoms with van der Waals surface area (Å²) in [4.78, 5) is 13.8. The van der Waals surface area contributed by atoms with Crippen LogP contribution in [0.2, 0.25) is 0 Å². The van der Waals surface area contributed by atoms with E-state index in [4.69, 9.17) is 0 Å². The van der Waals surface area contributed by atoms with Gasteiger partial charge in [-0.25, -0.2) is 4.98 Å². The molecule has 0 bridgehead atoms. The van der Waals surface area contributed by atoms with E-state index in [9.17, 15) is 0 Å². The van der Waals surface area contributed by atoms with Crippen LogP contribution in [0.4, 0.5) is 0 Å². The fourth-order valence-corrected chi connectivity index (χ4v) is 4.29. The number of hydrogen-bond acceptors (Lipinski definition) is 4. The van der Waals surface area contributed by atoms with Crippen LogP contribution in [0, 0.1) is 12.8 Å². The van der Waals surface area contributed by atoms with Crippen LogP contribution in [0.25, 0.3) is 5.65 Å². The van der Waals surface area contributed by atoms with Crippen LogP contribution in [0.15, 0.2) is 49.1 Å². The van der Waals surface area contributed by atoms with Crippen molar-refractivity contribution in [3.8, 4) is 0 Å². The van der Waals surface area contributed by atoms with Crippen molar-refractivity contribution in [3.63, 3.8) is 0 Å². The number of rotatable bonds is 5. The minimum Gasteiger partial charge on any atom is -0.303 e. The van der Waals surface area contributed by atoms with Gasteiger partial charge < -0.3 is 9.30 Å². The Balaban J connectivity index is 1.47. The predicted octanol–water partition coefficient (Wildman–Crippen LogP) is 3.16. The van der Waals surface area contributed by atoms with Gasteiger partial charge in [0.1, 0.15) is 5.65 Å². The molecule has 26 heavy (non-hydrogen) atoms. The molecule has 0 aliphatic carbocycles. The molecule has 0 aromatic carbocycles. The quantitative estimate of drug-likeness (QED) is 0.709. The lowest BCUT2D eigenvalue weighted by Gasteiger charge is -2.28. The lowest BCUT2D eigenvalue weighted by Crippen LogP contribution is -2.30. The number of aryl methyl sites for hydroxylation is 1. The van der Waals surface area contributed by atoms with Gasteiger partial charge in [0.05, 0.1) is 11.9 Å². The number of fused-ring (bicyclic) bond motifs is 1. The van der Waals surface area contributed by atoms with Crippen LogP contribution >= 0.6 is 0 Å². The summed E-state index contributed by atoms with van der Waals surface area (Å²) in [5.41, 5.74) is 4.85. The van der Waals surface area contributed by atoms with Crippen molar-refractivity contribution in [2.75, 3.05) is 27.2 Å². The zero-order chi connectivity index (χ0) is 18.1. The summed E-state index contributed by atoms with van der Waals surface area (Å²) in [5, 5.41) is 0. The van der Waals surface area contributed by atoms with E-state index in [0.29, 0.717) is 12.0 Å². The molecule has 3 aromatic rings. The van der Waals surface area contributed by atoms with E-state index in [2.05, 4.69) is 69.6 Å². The molecular formula is C21H27N5. The molecule has 0 saturated carbocycles. The summed E-state index contributed by atoms with van der Waals surface area (Å²) in [5.74, 6) is 0.621. The first kappa shape index (κ1) is 17.2. The molecule has 0 unspecified atom stereocenters. The third kappa shape index (κ3) is 3.37. The van der Waals surface area contributed by atoms with Crippen LogP contribution in [0.1, 0.15) is 29.3 Å². The van der Waals surface area contributed by atoms with Crippen molar-refractivity contribution in [1.82, 2.24) is 24.2 Å². The van der Waals surface area contributed by atoms with Crippen molar-refractivity contribution in [2.45, 2.75) is 25.9 Å². The highest BCUT2D eigenvalue weighted by atomic mass is 15.2. The fourth-order valence-electron chi connectivity index (χ4n) is 4.29. The van der Waals surface area contributed by atoms with E-state index in [1.807, 2.05) is 24.7 Å². The van der Waals surface area contributed by atoms with Gasteiger partial charge in [0.2, 0.25) is 0 Å². The summed E-state index contributed by atoms with van der Waals surface area (Å²) in [7, 11) is 4.44. The molecule has 3 aromatic heterocycles. The van der Waals surface area contributed by atoms with Crippen molar-refractivity contribution in [3.05, 3.63) is 65.9 Å². The summed E-state index contributed by atoms with van der Waals surface area (Å²) < 4.78 is 2.20. The highest BCUT2D eigenvalue weighted by Gasteiger charge is 2.33. The van der Waals surface area contributed by atoms with Crippen LogP contribution < -0.4 is 0 Å². The minimum absolute atomic E-state index is 0.455. The van der Waals surface area contributed by atoms with Crippen LogP contribution in [-0.4, -0.2) is 51.4 Å². The number of imidazole rings is 1. The van der Waals surface area contributed by atoms with Crippen molar-refractivity contribution in [1.29, 1.82) is 0 Å². The van der Waals surface area contributed by atoms with Crippen molar-refractivity contribution in [2.24, 2.45) is 5.92 Å². The molecule has 0 N–H and O–H groups in total. The van der Waals surface area contributed by atoms with Gasteiger partial charge in [-0.05, 0) is 69.2 Å². The summed E-state index contributed by atoms with van der Waals surface area (Å²) in [6.45, 7) is 5.23. The molecule has 0 amide bonds. The van der Waals surface area contributed by atoms with Gasteiger partial charge in [0.15, 0.2) is 0 Å². The predicted molar refractivity (Wildman–Crippen MR) is 104 cm³/mol. The van der Waals surface area contributed by atoms with Gasteiger partial charge in [0.25, 0.3) is 0 Å². The smallest absolute Gasteiger partial charge is 0.137 e. The van der Waals surface area contributed by atoms with Crippen LogP contribution in [-0.2, 0) is 6.54 Å². The van der Waals surface area contributed by atoms with Gasteiger partial charge in [0, 0.05) is 37.7 Å². The number of pyridine rings is 2. The maximum atomic E-state index is 4.56. The van der Waals surface area contributed by atoms with Crippen molar-refractivity contribution < 1.29 is 0 Å². The minimum atomic E-state index is 0.455. The van der Waals surface area contributed by atoms with Gasteiger partial charge >= 0.3 is 0 Å². The average molecular weight is 349 g/mol. The third-order valence-corrected chi connectivity index (χ3v) is 5.52. The molecule has 1 saturated heterocycles. The molecular weight excluding hydrogens is 322 g/mol. The van der Waals surface area contributed by atoms with Gasteiger partial charge in [-0.1, -0.05) is 6.07 Å².